The standard InChI is InChI=1S/C20H25BrN2O/c1-2-24-20-9-3-16(4-10-20)15-23-13-11-19(12-14-23)22-18-7-5-17(21)6-8-18/h3-10,19,22H,2,11-15H2,1H3. The van der Waals surface area contributed by atoms with Crippen molar-refractivity contribution < 1.29 is 4.74 Å². The molecule has 0 radical (unpaired) electrons. The van der Waals surface area contributed by atoms with Crippen LogP contribution in [0, 0.1) is 0 Å². The highest BCUT2D eigenvalue weighted by molar-refractivity contribution is 9.10. The minimum Gasteiger partial charge on any atom is -0.494 e. The van der Waals surface area contributed by atoms with Gasteiger partial charge < -0.3 is 10.1 Å². The number of benzene rings is 2. The molecular weight excluding hydrogens is 364 g/mol. The van der Waals surface area contributed by atoms with Crippen LogP contribution in [0.1, 0.15) is 25.3 Å². The van der Waals surface area contributed by atoms with Gasteiger partial charge in [0.1, 0.15) is 5.75 Å². The molecule has 1 N–H and O–H groups in total. The first kappa shape index (κ1) is 17.3. The Balaban J connectivity index is 1.45. The smallest absolute Gasteiger partial charge is 0.119 e. The third-order valence-corrected chi connectivity index (χ3v) is 4.97. The monoisotopic (exact) mass is 388 g/mol. The summed E-state index contributed by atoms with van der Waals surface area (Å²) in [6, 6.07) is 17.5. The van der Waals surface area contributed by atoms with Gasteiger partial charge in [0, 0.05) is 35.8 Å². The number of nitrogens with zero attached hydrogens (tertiary/aromatic N) is 1. The number of ether oxygens (including phenoxy) is 1. The summed E-state index contributed by atoms with van der Waals surface area (Å²) >= 11 is 3.48. The summed E-state index contributed by atoms with van der Waals surface area (Å²) in [4.78, 5) is 2.54. The number of hydrogen-bond donors (Lipinski definition) is 1. The van der Waals surface area contributed by atoms with E-state index in [0.717, 1.165) is 36.5 Å². The number of halogens is 1. The fourth-order valence-electron chi connectivity index (χ4n) is 3.13. The van der Waals surface area contributed by atoms with E-state index in [0.29, 0.717) is 6.04 Å². The van der Waals surface area contributed by atoms with Crippen LogP contribution in [0.15, 0.2) is 53.0 Å². The van der Waals surface area contributed by atoms with Crippen molar-refractivity contribution in [3.8, 4) is 5.75 Å². The Morgan fingerprint density at radius 2 is 1.71 bits per heavy atom. The molecule has 128 valence electrons. The second kappa shape index (κ2) is 8.54. The zero-order chi connectivity index (χ0) is 16.8. The van der Waals surface area contributed by atoms with Gasteiger partial charge in [0.2, 0.25) is 0 Å². The van der Waals surface area contributed by atoms with Crippen LogP contribution in [0.25, 0.3) is 0 Å². The third kappa shape index (κ3) is 4.99. The second-order valence-electron chi connectivity index (χ2n) is 6.28. The van der Waals surface area contributed by atoms with Crippen LogP contribution in [-0.2, 0) is 6.54 Å². The zero-order valence-electron chi connectivity index (χ0n) is 14.2. The minimum absolute atomic E-state index is 0.572. The van der Waals surface area contributed by atoms with Gasteiger partial charge in [-0.25, -0.2) is 0 Å². The SMILES string of the molecule is CCOc1ccc(CN2CCC(Nc3ccc(Br)cc3)CC2)cc1. The Hall–Kier alpha value is -1.52. The van der Waals surface area contributed by atoms with Crippen molar-refractivity contribution >= 4 is 21.6 Å². The van der Waals surface area contributed by atoms with E-state index >= 15 is 0 Å². The van der Waals surface area contributed by atoms with E-state index in [1.807, 2.05) is 6.92 Å². The predicted molar refractivity (Wildman–Crippen MR) is 104 cm³/mol. The van der Waals surface area contributed by atoms with Gasteiger partial charge in [0.25, 0.3) is 0 Å². The third-order valence-electron chi connectivity index (χ3n) is 4.44. The van der Waals surface area contributed by atoms with Crippen LogP contribution in [-0.4, -0.2) is 30.6 Å². The Morgan fingerprint density at radius 3 is 2.33 bits per heavy atom. The average molecular weight is 389 g/mol. The van der Waals surface area contributed by atoms with Gasteiger partial charge in [-0.15, -0.1) is 0 Å². The lowest BCUT2D eigenvalue weighted by molar-refractivity contribution is 0.211. The first-order valence-electron chi connectivity index (χ1n) is 8.69. The van der Waals surface area contributed by atoms with Crippen LogP contribution < -0.4 is 10.1 Å². The van der Waals surface area contributed by atoms with E-state index in [1.165, 1.54) is 24.1 Å². The van der Waals surface area contributed by atoms with Crippen molar-refractivity contribution in [3.05, 3.63) is 58.6 Å². The molecule has 0 saturated carbocycles. The van der Waals surface area contributed by atoms with Gasteiger partial charge in [-0.2, -0.15) is 0 Å². The van der Waals surface area contributed by atoms with E-state index in [-0.39, 0.29) is 0 Å². The van der Waals surface area contributed by atoms with Crippen molar-refractivity contribution in [1.82, 2.24) is 4.90 Å². The molecule has 0 unspecified atom stereocenters. The Kier molecular flexibility index (Phi) is 6.16. The molecule has 24 heavy (non-hydrogen) atoms. The van der Waals surface area contributed by atoms with E-state index in [9.17, 15) is 0 Å². The molecule has 2 aromatic rings. The molecule has 1 aliphatic rings. The van der Waals surface area contributed by atoms with Gasteiger partial charge in [0.05, 0.1) is 6.61 Å². The Morgan fingerprint density at radius 1 is 1.04 bits per heavy atom. The van der Waals surface area contributed by atoms with Crippen molar-refractivity contribution in [2.24, 2.45) is 0 Å². The number of likely N-dealkylation sites (tertiary alicyclic amines) is 1. The highest BCUT2D eigenvalue weighted by Crippen LogP contribution is 2.20. The number of nitrogens with one attached hydrogen (secondary N) is 1. The molecule has 3 rings (SSSR count). The highest BCUT2D eigenvalue weighted by atomic mass is 79.9. The lowest BCUT2D eigenvalue weighted by Gasteiger charge is -2.33. The largest absolute Gasteiger partial charge is 0.494 e. The van der Waals surface area contributed by atoms with Crippen LogP contribution in [0.5, 0.6) is 5.75 Å². The van der Waals surface area contributed by atoms with Gasteiger partial charge >= 0.3 is 0 Å². The summed E-state index contributed by atoms with van der Waals surface area (Å²) in [6.45, 7) is 6.04. The molecule has 1 aliphatic heterocycles. The zero-order valence-corrected chi connectivity index (χ0v) is 15.8. The normalized spacial score (nSPS) is 16.1. The van der Waals surface area contributed by atoms with Crippen LogP contribution >= 0.6 is 15.9 Å². The van der Waals surface area contributed by atoms with Crippen molar-refractivity contribution in [1.29, 1.82) is 0 Å². The lowest BCUT2D eigenvalue weighted by Crippen LogP contribution is -2.38. The van der Waals surface area contributed by atoms with Gasteiger partial charge in [-0.3, -0.25) is 4.90 Å². The molecule has 4 heteroatoms. The molecule has 1 heterocycles. The highest BCUT2D eigenvalue weighted by Gasteiger charge is 2.19. The molecule has 1 fully saturated rings. The van der Waals surface area contributed by atoms with Crippen LogP contribution in [0.2, 0.25) is 0 Å². The van der Waals surface area contributed by atoms with Crippen LogP contribution in [0.4, 0.5) is 5.69 Å². The molecule has 0 spiro atoms. The summed E-state index contributed by atoms with van der Waals surface area (Å²) in [5.41, 5.74) is 2.57. The number of hydrogen-bond acceptors (Lipinski definition) is 3. The first-order chi connectivity index (χ1) is 11.7. The summed E-state index contributed by atoms with van der Waals surface area (Å²) in [7, 11) is 0. The molecular formula is C20H25BrN2O. The summed E-state index contributed by atoms with van der Waals surface area (Å²) in [5, 5.41) is 3.65. The van der Waals surface area contributed by atoms with Crippen LogP contribution in [0.3, 0.4) is 0 Å². The Bertz CT molecular complexity index is 619. The molecule has 1 saturated heterocycles. The fourth-order valence-corrected chi connectivity index (χ4v) is 3.40. The quantitative estimate of drug-likeness (QED) is 0.759. The molecule has 0 aromatic heterocycles. The van der Waals surface area contributed by atoms with Crippen molar-refractivity contribution in [3.63, 3.8) is 0 Å². The van der Waals surface area contributed by atoms with E-state index < -0.39 is 0 Å². The minimum atomic E-state index is 0.572. The number of rotatable bonds is 6. The van der Waals surface area contributed by atoms with Gasteiger partial charge in [-0.05, 0) is 61.7 Å². The first-order valence-corrected chi connectivity index (χ1v) is 9.48. The summed E-state index contributed by atoms with van der Waals surface area (Å²) in [5.74, 6) is 0.957. The van der Waals surface area contributed by atoms with Crippen molar-refractivity contribution in [2.45, 2.75) is 32.4 Å². The van der Waals surface area contributed by atoms with Gasteiger partial charge in [-0.1, -0.05) is 28.1 Å². The maximum Gasteiger partial charge on any atom is 0.119 e. The van der Waals surface area contributed by atoms with E-state index in [4.69, 9.17) is 4.74 Å². The predicted octanol–water partition coefficient (Wildman–Crippen LogP) is 4.92. The molecule has 2 aromatic carbocycles. The lowest BCUT2D eigenvalue weighted by atomic mass is 10.0. The molecule has 0 aliphatic carbocycles. The average Bonchev–Trinajstić information content (AvgIpc) is 2.61. The second-order valence-corrected chi connectivity index (χ2v) is 7.19. The molecule has 0 amide bonds. The molecule has 0 bridgehead atoms. The maximum absolute atomic E-state index is 5.50. The fraction of sp³-hybridized carbons (Fsp3) is 0.400. The summed E-state index contributed by atoms with van der Waals surface area (Å²) in [6.07, 6.45) is 2.38. The van der Waals surface area contributed by atoms with E-state index in [2.05, 4.69) is 74.7 Å². The molecule has 3 nitrogen and oxygen atoms in total. The van der Waals surface area contributed by atoms with E-state index in [1.54, 1.807) is 0 Å². The van der Waals surface area contributed by atoms with Crippen molar-refractivity contribution in [2.75, 3.05) is 25.0 Å². The molecule has 0 atom stereocenters. The number of anilines is 1. The maximum atomic E-state index is 5.50. The number of piperidine rings is 1. The van der Waals surface area contributed by atoms with Gasteiger partial charge in [0.15, 0.2) is 0 Å². The Labute approximate surface area is 153 Å². The summed E-state index contributed by atoms with van der Waals surface area (Å²) < 4.78 is 6.63. The topological polar surface area (TPSA) is 24.5 Å².